The van der Waals surface area contributed by atoms with E-state index < -0.39 is 11.0 Å². The van der Waals surface area contributed by atoms with Gasteiger partial charge in [-0.05, 0) is 18.6 Å². The molecule has 7 nitrogen and oxygen atoms in total. The summed E-state index contributed by atoms with van der Waals surface area (Å²) in [7, 11) is 0. The molecule has 0 aliphatic carbocycles. The summed E-state index contributed by atoms with van der Waals surface area (Å²) in [4.78, 5) is 21.6. The van der Waals surface area contributed by atoms with Crippen LogP contribution in [0.2, 0.25) is 0 Å². The van der Waals surface area contributed by atoms with E-state index in [-0.39, 0.29) is 5.69 Å². The van der Waals surface area contributed by atoms with Gasteiger partial charge in [-0.25, -0.2) is 15.6 Å². The van der Waals surface area contributed by atoms with Crippen molar-refractivity contribution >= 4 is 17.4 Å². The molecule has 0 bridgehead atoms. The van der Waals surface area contributed by atoms with Crippen molar-refractivity contribution in [1.29, 1.82) is 0 Å². The molecule has 0 spiro atoms. The summed E-state index contributed by atoms with van der Waals surface area (Å²) in [6, 6.07) is 5.02. The first-order valence-corrected chi connectivity index (χ1v) is 5.63. The lowest BCUT2D eigenvalue weighted by Gasteiger charge is -2.17. The second-order valence-corrected chi connectivity index (χ2v) is 3.73. The smallest absolute Gasteiger partial charge is 0.336 e. The Hall–Kier alpha value is -2.15. The van der Waals surface area contributed by atoms with E-state index in [9.17, 15) is 14.9 Å². The fourth-order valence-corrected chi connectivity index (χ4v) is 1.31. The molecule has 0 saturated heterocycles. The average Bonchev–Trinajstić information content (AvgIpc) is 2.38. The quantitative estimate of drug-likeness (QED) is 0.274. The monoisotopic (exact) mass is 252 g/mol. The predicted octanol–water partition coefficient (Wildman–Crippen LogP) is 1.78. The number of carbonyl (C=O) groups excluding carboxylic acids is 1. The first-order valence-electron chi connectivity index (χ1n) is 5.63. The SMILES string of the molecule is CCCCNC(=O)N(N)c1ccc([N+](=O)[O-])cc1. The van der Waals surface area contributed by atoms with Crippen LogP contribution in [0.15, 0.2) is 24.3 Å². The highest BCUT2D eigenvalue weighted by Crippen LogP contribution is 2.17. The van der Waals surface area contributed by atoms with Gasteiger partial charge in [-0.3, -0.25) is 10.1 Å². The Kier molecular flexibility index (Phi) is 5.06. The summed E-state index contributed by atoms with van der Waals surface area (Å²) >= 11 is 0. The lowest BCUT2D eigenvalue weighted by molar-refractivity contribution is -0.384. The van der Waals surface area contributed by atoms with E-state index >= 15 is 0 Å². The number of amides is 2. The molecule has 1 aromatic rings. The van der Waals surface area contributed by atoms with Crippen molar-refractivity contribution in [3.8, 4) is 0 Å². The molecule has 0 fully saturated rings. The second kappa shape index (κ2) is 6.55. The summed E-state index contributed by atoms with van der Waals surface area (Å²) in [6.07, 6.45) is 1.85. The number of nitro benzene ring substituents is 1. The molecule has 0 heterocycles. The van der Waals surface area contributed by atoms with Crippen LogP contribution in [0.25, 0.3) is 0 Å². The fourth-order valence-electron chi connectivity index (χ4n) is 1.31. The Morgan fingerprint density at radius 3 is 2.56 bits per heavy atom. The van der Waals surface area contributed by atoms with Gasteiger partial charge in [0.1, 0.15) is 0 Å². The molecule has 1 aromatic carbocycles. The number of benzene rings is 1. The summed E-state index contributed by atoms with van der Waals surface area (Å²) < 4.78 is 0. The molecule has 0 radical (unpaired) electrons. The first-order chi connectivity index (χ1) is 8.56. The number of urea groups is 1. The first kappa shape index (κ1) is 13.9. The van der Waals surface area contributed by atoms with Gasteiger partial charge in [-0.2, -0.15) is 0 Å². The fraction of sp³-hybridized carbons (Fsp3) is 0.364. The van der Waals surface area contributed by atoms with E-state index in [4.69, 9.17) is 5.84 Å². The zero-order chi connectivity index (χ0) is 13.5. The van der Waals surface area contributed by atoms with Gasteiger partial charge >= 0.3 is 6.03 Å². The van der Waals surface area contributed by atoms with Gasteiger partial charge < -0.3 is 5.32 Å². The van der Waals surface area contributed by atoms with Crippen molar-refractivity contribution < 1.29 is 9.72 Å². The Labute approximate surface area is 105 Å². The van der Waals surface area contributed by atoms with Gasteiger partial charge in [0, 0.05) is 18.7 Å². The number of anilines is 1. The van der Waals surface area contributed by atoms with Crippen LogP contribution in [0, 0.1) is 10.1 Å². The van der Waals surface area contributed by atoms with Gasteiger partial charge in [0.2, 0.25) is 0 Å². The molecule has 0 saturated carbocycles. The van der Waals surface area contributed by atoms with E-state index in [0.29, 0.717) is 12.2 Å². The maximum Gasteiger partial charge on any atom is 0.336 e. The number of non-ortho nitro benzene ring substituents is 1. The largest absolute Gasteiger partial charge is 0.337 e. The summed E-state index contributed by atoms with van der Waals surface area (Å²) in [5.74, 6) is 5.60. The Morgan fingerprint density at radius 1 is 1.44 bits per heavy atom. The van der Waals surface area contributed by atoms with Crippen LogP contribution < -0.4 is 16.2 Å². The molecule has 0 aromatic heterocycles. The lowest BCUT2D eigenvalue weighted by Crippen LogP contribution is -2.45. The standard InChI is InChI=1S/C11H16N4O3/c1-2-3-8-13-11(16)14(12)9-4-6-10(7-5-9)15(17)18/h4-7H,2-3,8,12H2,1H3,(H,13,16). The molecule has 3 N–H and O–H groups in total. The highest BCUT2D eigenvalue weighted by atomic mass is 16.6. The number of nitrogens with two attached hydrogens (primary N) is 1. The van der Waals surface area contributed by atoms with Crippen molar-refractivity contribution in [2.75, 3.05) is 11.6 Å². The van der Waals surface area contributed by atoms with Gasteiger partial charge in [0.25, 0.3) is 5.69 Å². The van der Waals surface area contributed by atoms with Crippen LogP contribution >= 0.6 is 0 Å². The van der Waals surface area contributed by atoms with Crippen LogP contribution in [0.5, 0.6) is 0 Å². The number of hydrogen-bond acceptors (Lipinski definition) is 4. The average molecular weight is 252 g/mol. The number of hydrogen-bond donors (Lipinski definition) is 2. The minimum Gasteiger partial charge on any atom is -0.337 e. The van der Waals surface area contributed by atoms with E-state index in [1.165, 1.54) is 24.3 Å². The number of nitrogens with zero attached hydrogens (tertiary/aromatic N) is 2. The van der Waals surface area contributed by atoms with Gasteiger partial charge in [-0.15, -0.1) is 0 Å². The summed E-state index contributed by atoms with van der Waals surface area (Å²) in [6.45, 7) is 2.57. The number of hydrazine groups is 1. The molecule has 0 atom stereocenters. The van der Waals surface area contributed by atoms with E-state index in [0.717, 1.165) is 17.9 Å². The van der Waals surface area contributed by atoms with Crippen molar-refractivity contribution in [3.05, 3.63) is 34.4 Å². The molecule has 0 aliphatic rings. The third-order valence-electron chi connectivity index (χ3n) is 2.36. The Balaban J connectivity index is 2.63. The van der Waals surface area contributed by atoms with Crippen LogP contribution in [0.3, 0.4) is 0 Å². The predicted molar refractivity (Wildman–Crippen MR) is 68.1 cm³/mol. The Morgan fingerprint density at radius 2 is 2.06 bits per heavy atom. The van der Waals surface area contributed by atoms with Crippen LogP contribution in [0.4, 0.5) is 16.2 Å². The highest BCUT2D eigenvalue weighted by Gasteiger charge is 2.12. The molecular formula is C11H16N4O3. The number of rotatable bonds is 5. The van der Waals surface area contributed by atoms with Gasteiger partial charge in [-0.1, -0.05) is 13.3 Å². The maximum absolute atomic E-state index is 11.6. The molecule has 18 heavy (non-hydrogen) atoms. The molecule has 2 amide bonds. The van der Waals surface area contributed by atoms with Crippen LogP contribution in [0.1, 0.15) is 19.8 Å². The van der Waals surface area contributed by atoms with Crippen molar-refractivity contribution in [1.82, 2.24) is 5.32 Å². The van der Waals surface area contributed by atoms with Crippen LogP contribution in [-0.4, -0.2) is 17.5 Å². The molecule has 0 unspecified atom stereocenters. The van der Waals surface area contributed by atoms with E-state index in [1.807, 2.05) is 6.92 Å². The van der Waals surface area contributed by atoms with Gasteiger partial charge in [0.05, 0.1) is 10.6 Å². The third kappa shape index (κ3) is 3.70. The lowest BCUT2D eigenvalue weighted by atomic mass is 10.3. The zero-order valence-electron chi connectivity index (χ0n) is 10.1. The number of unbranched alkanes of at least 4 members (excludes halogenated alkanes) is 1. The van der Waals surface area contributed by atoms with Crippen molar-refractivity contribution in [2.45, 2.75) is 19.8 Å². The minimum absolute atomic E-state index is 0.0430. The molecule has 1 rings (SSSR count). The maximum atomic E-state index is 11.6. The van der Waals surface area contributed by atoms with Crippen molar-refractivity contribution in [2.24, 2.45) is 5.84 Å². The molecule has 98 valence electrons. The molecule has 0 aliphatic heterocycles. The minimum atomic E-state index is -0.508. The van der Waals surface area contributed by atoms with Crippen LogP contribution in [-0.2, 0) is 0 Å². The Bertz CT molecular complexity index is 419. The normalized spacial score (nSPS) is 9.89. The summed E-state index contributed by atoms with van der Waals surface area (Å²) in [5, 5.41) is 14.0. The van der Waals surface area contributed by atoms with E-state index in [1.54, 1.807) is 0 Å². The second-order valence-electron chi connectivity index (χ2n) is 3.73. The summed E-state index contributed by atoms with van der Waals surface area (Å²) in [5.41, 5.74) is 0.355. The number of nitrogens with one attached hydrogen (secondary N) is 1. The number of nitro groups is 1. The molecule has 7 heteroatoms. The zero-order valence-corrected chi connectivity index (χ0v) is 10.1. The van der Waals surface area contributed by atoms with E-state index in [2.05, 4.69) is 5.32 Å². The highest BCUT2D eigenvalue weighted by molar-refractivity contribution is 5.90. The molecular weight excluding hydrogens is 236 g/mol. The number of carbonyl (C=O) groups is 1. The van der Waals surface area contributed by atoms with Crippen molar-refractivity contribution in [3.63, 3.8) is 0 Å². The van der Waals surface area contributed by atoms with Gasteiger partial charge in [0.15, 0.2) is 0 Å². The topological polar surface area (TPSA) is 102 Å². The third-order valence-corrected chi connectivity index (χ3v) is 2.36.